The molecule has 2 aliphatic rings. The summed E-state index contributed by atoms with van der Waals surface area (Å²) in [5.74, 6) is -0.416. The third kappa shape index (κ3) is 2.05. The van der Waals surface area contributed by atoms with Crippen LogP contribution in [0.3, 0.4) is 0 Å². The van der Waals surface area contributed by atoms with E-state index in [-0.39, 0.29) is 17.4 Å². The van der Waals surface area contributed by atoms with Gasteiger partial charge in [0, 0.05) is 6.42 Å². The summed E-state index contributed by atoms with van der Waals surface area (Å²) in [6, 6.07) is 5.29. The van der Waals surface area contributed by atoms with Crippen LogP contribution in [0.25, 0.3) is 0 Å². The van der Waals surface area contributed by atoms with Crippen molar-refractivity contribution in [2.45, 2.75) is 41.9 Å². The van der Waals surface area contributed by atoms with Gasteiger partial charge in [-0.1, -0.05) is 12.1 Å². The second-order valence-corrected chi connectivity index (χ2v) is 7.84. The van der Waals surface area contributed by atoms with Gasteiger partial charge >= 0.3 is 0 Å². The molecule has 0 saturated heterocycles. The number of hydrogen-bond acceptors (Lipinski definition) is 4. The number of rotatable bonds is 3. The molecule has 2 aromatic rings. The summed E-state index contributed by atoms with van der Waals surface area (Å²) in [7, 11) is -3.56. The second-order valence-electron chi connectivity index (χ2n) is 5.72. The van der Waals surface area contributed by atoms with Crippen LogP contribution in [0.4, 0.5) is 8.78 Å². The fourth-order valence-electron chi connectivity index (χ4n) is 2.80. The zero-order valence-electron chi connectivity index (χ0n) is 11.5. The van der Waals surface area contributed by atoms with Gasteiger partial charge in [-0.15, -0.1) is 5.10 Å². The Morgan fingerprint density at radius 2 is 2.05 bits per heavy atom. The first-order valence-corrected chi connectivity index (χ1v) is 8.61. The lowest BCUT2D eigenvalue weighted by atomic mass is 10.0. The molecule has 116 valence electrons. The summed E-state index contributed by atoms with van der Waals surface area (Å²) in [5, 5.41) is 3.26. The summed E-state index contributed by atoms with van der Waals surface area (Å²) in [5.41, 5.74) is 0.557. The van der Waals surface area contributed by atoms with Crippen molar-refractivity contribution in [2.75, 3.05) is 0 Å². The SMILES string of the molecule is O=S(=O)(c1nc2n(n1)C(c1cccc(F)c1)CC2F)C1CC1. The largest absolute Gasteiger partial charge is 0.267 e. The van der Waals surface area contributed by atoms with Crippen LogP contribution in [0.2, 0.25) is 0 Å². The zero-order valence-corrected chi connectivity index (χ0v) is 12.3. The molecule has 5 nitrogen and oxygen atoms in total. The monoisotopic (exact) mass is 325 g/mol. The van der Waals surface area contributed by atoms with E-state index in [9.17, 15) is 17.2 Å². The Morgan fingerprint density at radius 1 is 1.27 bits per heavy atom. The van der Waals surface area contributed by atoms with Crippen molar-refractivity contribution in [3.05, 3.63) is 41.5 Å². The fraction of sp³-hybridized carbons (Fsp3) is 0.429. The number of fused-ring (bicyclic) bond motifs is 1. The number of benzene rings is 1. The fourth-order valence-corrected chi connectivity index (χ4v) is 4.28. The van der Waals surface area contributed by atoms with Crippen LogP contribution < -0.4 is 0 Å². The highest BCUT2D eigenvalue weighted by Gasteiger charge is 2.43. The molecule has 0 radical (unpaired) electrons. The molecule has 2 atom stereocenters. The van der Waals surface area contributed by atoms with Crippen molar-refractivity contribution in [1.29, 1.82) is 0 Å². The van der Waals surface area contributed by atoms with Crippen LogP contribution in [0.15, 0.2) is 29.4 Å². The van der Waals surface area contributed by atoms with E-state index >= 15 is 0 Å². The maximum atomic E-state index is 14.2. The Hall–Kier alpha value is -1.83. The number of halogens is 2. The van der Waals surface area contributed by atoms with Crippen LogP contribution in [-0.4, -0.2) is 28.4 Å². The lowest BCUT2D eigenvalue weighted by Gasteiger charge is -2.11. The first kappa shape index (κ1) is 13.8. The van der Waals surface area contributed by atoms with Crippen molar-refractivity contribution in [2.24, 2.45) is 0 Å². The third-order valence-electron chi connectivity index (χ3n) is 4.09. The third-order valence-corrected chi connectivity index (χ3v) is 6.13. The predicted octanol–water partition coefficient (Wildman–Crippen LogP) is 2.36. The second kappa shape index (κ2) is 4.58. The topological polar surface area (TPSA) is 64.8 Å². The van der Waals surface area contributed by atoms with Crippen LogP contribution >= 0.6 is 0 Å². The Labute approximate surface area is 125 Å². The smallest absolute Gasteiger partial charge is 0.239 e. The first-order valence-electron chi connectivity index (χ1n) is 7.06. The Bertz CT molecular complexity index is 846. The zero-order chi connectivity index (χ0) is 15.5. The molecule has 0 amide bonds. The number of aromatic nitrogens is 3. The minimum atomic E-state index is -3.56. The average Bonchev–Trinajstić information content (AvgIpc) is 3.16. The highest BCUT2D eigenvalue weighted by molar-refractivity contribution is 7.92. The van der Waals surface area contributed by atoms with E-state index in [0.717, 1.165) is 0 Å². The van der Waals surface area contributed by atoms with E-state index in [0.29, 0.717) is 18.4 Å². The van der Waals surface area contributed by atoms with E-state index in [2.05, 4.69) is 10.1 Å². The minimum absolute atomic E-state index is 0.00786. The molecule has 1 saturated carbocycles. The summed E-state index contributed by atoms with van der Waals surface area (Å²) in [6.07, 6.45) is -0.122. The lowest BCUT2D eigenvalue weighted by molar-refractivity contribution is 0.326. The van der Waals surface area contributed by atoms with Gasteiger partial charge in [0.1, 0.15) is 5.82 Å². The van der Waals surface area contributed by atoms with Crippen molar-refractivity contribution >= 4 is 9.84 Å². The van der Waals surface area contributed by atoms with Crippen LogP contribution in [0.5, 0.6) is 0 Å². The van der Waals surface area contributed by atoms with Crippen molar-refractivity contribution in [3.8, 4) is 0 Å². The van der Waals surface area contributed by atoms with Gasteiger partial charge in [0.15, 0.2) is 12.0 Å². The number of nitrogens with zero attached hydrogens (tertiary/aromatic N) is 3. The normalized spacial score (nSPS) is 24.5. The molecule has 1 fully saturated rings. The van der Waals surface area contributed by atoms with Crippen LogP contribution in [0, 0.1) is 5.82 Å². The molecule has 1 aliphatic heterocycles. The summed E-state index contributed by atoms with van der Waals surface area (Å²) in [6.45, 7) is 0. The molecule has 1 aromatic heterocycles. The van der Waals surface area contributed by atoms with Crippen molar-refractivity contribution in [3.63, 3.8) is 0 Å². The van der Waals surface area contributed by atoms with Gasteiger partial charge in [-0.25, -0.2) is 21.9 Å². The predicted molar refractivity (Wildman–Crippen MR) is 73.2 cm³/mol. The molecule has 8 heteroatoms. The van der Waals surface area contributed by atoms with Gasteiger partial charge < -0.3 is 0 Å². The molecule has 2 unspecified atom stereocenters. The molecule has 4 rings (SSSR count). The number of alkyl halides is 1. The van der Waals surface area contributed by atoms with Gasteiger partial charge in [-0.05, 0) is 30.5 Å². The molecule has 0 bridgehead atoms. The molecule has 1 aromatic carbocycles. The van der Waals surface area contributed by atoms with E-state index < -0.39 is 33.1 Å². The van der Waals surface area contributed by atoms with Crippen molar-refractivity contribution < 1.29 is 17.2 Å². The Morgan fingerprint density at radius 3 is 2.73 bits per heavy atom. The van der Waals surface area contributed by atoms with Gasteiger partial charge in [0.25, 0.3) is 5.16 Å². The molecule has 2 heterocycles. The van der Waals surface area contributed by atoms with Gasteiger partial charge in [-0.2, -0.15) is 4.98 Å². The van der Waals surface area contributed by atoms with Crippen molar-refractivity contribution in [1.82, 2.24) is 14.8 Å². The molecular formula is C14H13F2N3O2S. The molecule has 22 heavy (non-hydrogen) atoms. The Kier molecular flexibility index (Phi) is 2.87. The Balaban J connectivity index is 1.77. The summed E-state index contributed by atoms with van der Waals surface area (Å²) >= 11 is 0. The minimum Gasteiger partial charge on any atom is -0.239 e. The average molecular weight is 325 g/mol. The van der Waals surface area contributed by atoms with Crippen LogP contribution in [-0.2, 0) is 9.84 Å². The summed E-state index contributed by atoms with van der Waals surface area (Å²) in [4.78, 5) is 3.90. The molecular weight excluding hydrogens is 312 g/mol. The maximum Gasteiger partial charge on any atom is 0.267 e. The lowest BCUT2D eigenvalue weighted by Crippen LogP contribution is -2.12. The maximum absolute atomic E-state index is 14.2. The van der Waals surface area contributed by atoms with Gasteiger partial charge in [0.05, 0.1) is 11.3 Å². The number of sulfone groups is 1. The standard InChI is InChI=1S/C14H13F2N3O2S/c15-9-3-1-2-8(6-9)12-7-11(16)13-17-14(18-19(12)13)22(20,21)10-4-5-10/h1-3,6,10-12H,4-5,7H2. The quantitative estimate of drug-likeness (QED) is 0.869. The molecule has 0 N–H and O–H groups in total. The van der Waals surface area contributed by atoms with E-state index in [1.54, 1.807) is 6.07 Å². The molecule has 1 aliphatic carbocycles. The highest BCUT2D eigenvalue weighted by Crippen LogP contribution is 2.41. The first-order chi connectivity index (χ1) is 10.5. The van der Waals surface area contributed by atoms with Gasteiger partial charge in [-0.3, -0.25) is 0 Å². The van der Waals surface area contributed by atoms with E-state index in [1.165, 1.54) is 22.9 Å². The molecule has 0 spiro atoms. The highest BCUT2D eigenvalue weighted by atomic mass is 32.2. The van der Waals surface area contributed by atoms with E-state index in [1.807, 2.05) is 0 Å². The van der Waals surface area contributed by atoms with Crippen LogP contribution in [0.1, 0.15) is 42.9 Å². The summed E-state index contributed by atoms with van der Waals surface area (Å²) < 4.78 is 53.2. The van der Waals surface area contributed by atoms with E-state index in [4.69, 9.17) is 0 Å². The number of hydrogen-bond donors (Lipinski definition) is 0. The van der Waals surface area contributed by atoms with Gasteiger partial charge in [0.2, 0.25) is 9.84 Å².